The highest BCUT2D eigenvalue weighted by Crippen LogP contribution is 2.39. The average Bonchev–Trinajstić information content (AvgIpc) is 3.14. The Balaban J connectivity index is 1.53. The molecule has 4 rings (SSSR count). The molecule has 0 N–H and O–H groups in total. The number of imide groups is 1. The van der Waals surface area contributed by atoms with Crippen LogP contribution in [0.1, 0.15) is 22.8 Å². The molecule has 2 saturated heterocycles. The molecular formula is C25H22BrClN2O7S. The van der Waals surface area contributed by atoms with Crippen LogP contribution >= 0.6 is 39.3 Å². The summed E-state index contributed by atoms with van der Waals surface area (Å²) < 4.78 is 16.9. The van der Waals surface area contributed by atoms with Gasteiger partial charge in [-0.3, -0.25) is 19.3 Å². The van der Waals surface area contributed by atoms with Gasteiger partial charge in [-0.2, -0.15) is 0 Å². The fourth-order valence-electron chi connectivity index (χ4n) is 3.61. The van der Waals surface area contributed by atoms with E-state index in [0.717, 1.165) is 16.7 Å². The highest BCUT2D eigenvalue weighted by molar-refractivity contribution is 9.10. The van der Waals surface area contributed by atoms with Gasteiger partial charge in [-0.15, -0.1) is 0 Å². The average molecular weight is 610 g/mol. The predicted molar refractivity (Wildman–Crippen MR) is 142 cm³/mol. The fraction of sp³-hybridized carbons (Fsp3) is 0.280. The molecule has 0 radical (unpaired) electrons. The van der Waals surface area contributed by atoms with Crippen LogP contribution in [0.5, 0.6) is 11.5 Å². The van der Waals surface area contributed by atoms with E-state index >= 15 is 0 Å². The third-order valence-electron chi connectivity index (χ3n) is 5.43. The lowest BCUT2D eigenvalue weighted by atomic mass is 10.1. The van der Waals surface area contributed by atoms with Gasteiger partial charge in [-0.1, -0.05) is 11.6 Å². The first-order chi connectivity index (χ1) is 17.8. The summed E-state index contributed by atoms with van der Waals surface area (Å²) >= 11 is 10.0. The Morgan fingerprint density at radius 3 is 2.54 bits per heavy atom. The van der Waals surface area contributed by atoms with Crippen molar-refractivity contribution in [2.75, 3.05) is 39.5 Å². The summed E-state index contributed by atoms with van der Waals surface area (Å²) in [6.07, 6.45) is 1.53. The Bertz CT molecular complexity index is 1260. The van der Waals surface area contributed by atoms with E-state index in [4.69, 9.17) is 25.8 Å². The number of hydrogen-bond acceptors (Lipinski definition) is 8. The monoisotopic (exact) mass is 608 g/mol. The lowest BCUT2D eigenvalue weighted by Gasteiger charge is -2.28. The molecule has 2 aliphatic rings. The summed E-state index contributed by atoms with van der Waals surface area (Å²) in [4.78, 5) is 53.3. The maximum absolute atomic E-state index is 12.9. The Morgan fingerprint density at radius 1 is 1.16 bits per heavy atom. The van der Waals surface area contributed by atoms with Crippen molar-refractivity contribution in [1.82, 2.24) is 9.80 Å². The molecule has 0 unspecified atom stereocenters. The number of nitrogens with zero attached hydrogens (tertiary/aromatic N) is 2. The summed E-state index contributed by atoms with van der Waals surface area (Å²) in [5, 5.41) is -0.0255. The maximum Gasteiger partial charge on any atom is 0.343 e. The van der Waals surface area contributed by atoms with Crippen LogP contribution in [0.3, 0.4) is 0 Å². The van der Waals surface area contributed by atoms with Gasteiger partial charge in [0.2, 0.25) is 5.91 Å². The zero-order valence-electron chi connectivity index (χ0n) is 19.7. The van der Waals surface area contributed by atoms with Crippen molar-refractivity contribution >= 4 is 68.4 Å². The zero-order valence-corrected chi connectivity index (χ0v) is 22.9. The molecule has 2 fully saturated rings. The number of benzene rings is 2. The van der Waals surface area contributed by atoms with Gasteiger partial charge in [0.15, 0.2) is 11.5 Å². The van der Waals surface area contributed by atoms with Gasteiger partial charge in [-0.05, 0) is 82.7 Å². The highest BCUT2D eigenvalue weighted by Gasteiger charge is 2.37. The molecule has 3 amide bonds. The third kappa shape index (κ3) is 6.53. The molecule has 0 spiro atoms. The molecule has 0 aromatic heterocycles. The molecule has 9 nitrogen and oxygen atoms in total. The second kappa shape index (κ2) is 12.1. The second-order valence-corrected chi connectivity index (χ2v) is 10.2. The minimum atomic E-state index is -0.600. The van der Waals surface area contributed by atoms with E-state index in [1.807, 2.05) is 0 Å². The molecule has 12 heteroatoms. The molecule has 2 heterocycles. The van der Waals surface area contributed by atoms with Crippen LogP contribution in [0, 0.1) is 0 Å². The Kier molecular flexibility index (Phi) is 8.91. The third-order valence-corrected chi connectivity index (χ3v) is 7.18. The number of carbonyl (C=O) groups is 4. The Morgan fingerprint density at radius 2 is 1.86 bits per heavy atom. The van der Waals surface area contributed by atoms with Crippen LogP contribution < -0.4 is 9.47 Å². The first-order valence-electron chi connectivity index (χ1n) is 11.3. The van der Waals surface area contributed by atoms with E-state index < -0.39 is 17.1 Å². The number of morpholine rings is 1. The van der Waals surface area contributed by atoms with Crippen molar-refractivity contribution in [2.45, 2.75) is 6.92 Å². The fourth-order valence-corrected chi connectivity index (χ4v) is 5.11. The topological polar surface area (TPSA) is 102 Å². The minimum absolute atomic E-state index is 0.167. The largest absolute Gasteiger partial charge is 0.490 e. The molecule has 0 saturated carbocycles. The van der Waals surface area contributed by atoms with Crippen molar-refractivity contribution in [3.63, 3.8) is 0 Å². The van der Waals surface area contributed by atoms with E-state index in [1.54, 1.807) is 48.2 Å². The maximum atomic E-state index is 12.9. The quantitative estimate of drug-likeness (QED) is 0.255. The Hall–Kier alpha value is -2.86. The molecule has 2 aliphatic heterocycles. The first kappa shape index (κ1) is 27.2. The van der Waals surface area contributed by atoms with Crippen LogP contribution in [0.2, 0.25) is 5.02 Å². The standard InChI is InChI=1S/C25H22BrClN2O7S/c1-2-35-19-12-15(11-18(26)22(19)36-24(32)16-3-5-17(27)6-4-16)13-20-23(31)29(25(33)37-20)14-21(30)28-7-9-34-10-8-28/h3-6,11-13H,2,7-10,14H2,1H3/b20-13-. The van der Waals surface area contributed by atoms with E-state index in [9.17, 15) is 19.2 Å². The highest BCUT2D eigenvalue weighted by atomic mass is 79.9. The van der Waals surface area contributed by atoms with E-state index in [0.29, 0.717) is 53.5 Å². The zero-order chi connectivity index (χ0) is 26.5. The van der Waals surface area contributed by atoms with Crippen LogP contribution in [0.25, 0.3) is 6.08 Å². The number of ether oxygens (including phenoxy) is 3. The second-order valence-electron chi connectivity index (χ2n) is 7.92. The van der Waals surface area contributed by atoms with Crippen LogP contribution in [0.4, 0.5) is 4.79 Å². The van der Waals surface area contributed by atoms with Crippen molar-refractivity contribution in [1.29, 1.82) is 0 Å². The summed E-state index contributed by atoms with van der Waals surface area (Å²) in [5.74, 6) is -1.02. The molecule has 0 atom stereocenters. The summed E-state index contributed by atoms with van der Waals surface area (Å²) in [7, 11) is 0. The lowest BCUT2D eigenvalue weighted by molar-refractivity contribution is -0.139. The van der Waals surface area contributed by atoms with Crippen molar-refractivity contribution < 1.29 is 33.4 Å². The molecule has 0 bridgehead atoms. The molecule has 37 heavy (non-hydrogen) atoms. The van der Waals surface area contributed by atoms with E-state index in [2.05, 4.69) is 15.9 Å². The number of thioether (sulfide) groups is 1. The van der Waals surface area contributed by atoms with Crippen LogP contribution in [-0.4, -0.2) is 72.3 Å². The molecular weight excluding hydrogens is 588 g/mol. The van der Waals surface area contributed by atoms with Crippen molar-refractivity contribution in [3.8, 4) is 11.5 Å². The first-order valence-corrected chi connectivity index (χ1v) is 13.3. The number of esters is 1. The van der Waals surface area contributed by atoms with Crippen LogP contribution in [0.15, 0.2) is 45.8 Å². The van der Waals surface area contributed by atoms with Crippen molar-refractivity contribution in [2.24, 2.45) is 0 Å². The number of carbonyl (C=O) groups excluding carboxylic acids is 4. The molecule has 2 aromatic carbocycles. The number of halogens is 2. The molecule has 0 aliphatic carbocycles. The van der Waals surface area contributed by atoms with Crippen LogP contribution in [-0.2, 0) is 14.3 Å². The normalized spacial score (nSPS) is 16.9. The minimum Gasteiger partial charge on any atom is -0.490 e. The SMILES string of the molecule is CCOc1cc(/C=C2\SC(=O)N(CC(=O)N3CCOCC3)C2=O)cc(Br)c1OC(=O)c1ccc(Cl)cc1. The smallest absolute Gasteiger partial charge is 0.343 e. The van der Waals surface area contributed by atoms with Gasteiger partial charge in [0.05, 0.1) is 34.8 Å². The van der Waals surface area contributed by atoms with Gasteiger partial charge < -0.3 is 19.1 Å². The summed E-state index contributed by atoms with van der Waals surface area (Å²) in [5.41, 5.74) is 0.842. The molecule has 194 valence electrons. The number of rotatable bonds is 7. The number of amides is 3. The summed E-state index contributed by atoms with van der Waals surface area (Å²) in [6.45, 7) is 3.45. The van der Waals surface area contributed by atoms with Crippen molar-refractivity contribution in [3.05, 3.63) is 61.9 Å². The Labute approximate surface area is 230 Å². The van der Waals surface area contributed by atoms with Gasteiger partial charge in [-0.25, -0.2) is 4.79 Å². The van der Waals surface area contributed by atoms with Gasteiger partial charge in [0, 0.05) is 18.1 Å². The van der Waals surface area contributed by atoms with E-state index in [-0.39, 0.29) is 28.9 Å². The molecule has 2 aromatic rings. The number of hydrogen-bond donors (Lipinski definition) is 0. The predicted octanol–water partition coefficient (Wildman–Crippen LogP) is 4.62. The lowest BCUT2D eigenvalue weighted by Crippen LogP contribution is -2.46. The summed E-state index contributed by atoms with van der Waals surface area (Å²) in [6, 6.07) is 9.51. The van der Waals surface area contributed by atoms with E-state index in [1.165, 1.54) is 6.08 Å². The van der Waals surface area contributed by atoms with Gasteiger partial charge >= 0.3 is 5.97 Å². The van der Waals surface area contributed by atoms with Gasteiger partial charge in [0.1, 0.15) is 6.54 Å². The van der Waals surface area contributed by atoms with Gasteiger partial charge in [0.25, 0.3) is 11.1 Å².